The van der Waals surface area contributed by atoms with Crippen LogP contribution in [0.5, 0.6) is 0 Å². The summed E-state index contributed by atoms with van der Waals surface area (Å²) in [6.07, 6.45) is 2.12. The summed E-state index contributed by atoms with van der Waals surface area (Å²) in [4.78, 5) is 0. The Morgan fingerprint density at radius 2 is 1.84 bits per heavy atom. The molecule has 0 heterocycles. The van der Waals surface area contributed by atoms with Crippen LogP contribution in [0.15, 0.2) is 30.3 Å². The molecule has 4 atom stereocenters. The first-order valence-corrected chi connectivity index (χ1v) is 7.30. The van der Waals surface area contributed by atoms with Crippen LogP contribution < -0.4 is 0 Å². The fourth-order valence-corrected chi connectivity index (χ4v) is 4.14. The molecule has 0 unspecified atom stereocenters. The smallest absolute Gasteiger partial charge is 0.0913 e. The molecule has 2 nitrogen and oxygen atoms in total. The van der Waals surface area contributed by atoms with E-state index in [0.717, 1.165) is 12.8 Å². The summed E-state index contributed by atoms with van der Waals surface area (Å²) in [5, 5.41) is 10.8. The van der Waals surface area contributed by atoms with E-state index in [1.54, 1.807) is 0 Å². The minimum atomic E-state index is -0.687. The van der Waals surface area contributed by atoms with Gasteiger partial charge in [-0.15, -0.1) is 0 Å². The van der Waals surface area contributed by atoms with E-state index < -0.39 is 5.60 Å². The number of fused-ring (bicyclic) bond motifs is 2. The monoisotopic (exact) mass is 260 g/mol. The predicted octanol–water partition coefficient (Wildman–Crippen LogP) is 3.39. The van der Waals surface area contributed by atoms with Gasteiger partial charge in [-0.25, -0.2) is 0 Å². The van der Waals surface area contributed by atoms with Crippen LogP contribution in [0, 0.1) is 17.3 Å². The highest BCUT2D eigenvalue weighted by Gasteiger charge is 2.63. The Labute approximate surface area is 115 Å². The molecule has 19 heavy (non-hydrogen) atoms. The van der Waals surface area contributed by atoms with Crippen LogP contribution in [0.25, 0.3) is 0 Å². The molecule has 0 aliphatic heterocycles. The van der Waals surface area contributed by atoms with Crippen molar-refractivity contribution in [1.29, 1.82) is 0 Å². The molecule has 3 saturated carbocycles. The van der Waals surface area contributed by atoms with Crippen molar-refractivity contribution >= 4 is 0 Å². The Morgan fingerprint density at radius 3 is 2.42 bits per heavy atom. The van der Waals surface area contributed by atoms with E-state index >= 15 is 0 Å². The Hall–Kier alpha value is -0.860. The molecule has 3 fully saturated rings. The van der Waals surface area contributed by atoms with Gasteiger partial charge >= 0.3 is 0 Å². The summed E-state index contributed by atoms with van der Waals surface area (Å²) in [5.74, 6) is 1.08. The van der Waals surface area contributed by atoms with Gasteiger partial charge in [-0.05, 0) is 42.6 Å². The Kier molecular flexibility index (Phi) is 2.99. The zero-order chi connectivity index (χ0) is 13.7. The summed E-state index contributed by atoms with van der Waals surface area (Å²) in [5.41, 5.74) is 0.764. The molecule has 104 valence electrons. The van der Waals surface area contributed by atoms with Crippen LogP contribution in [-0.4, -0.2) is 16.8 Å². The number of hydrogen-bond donors (Lipinski definition) is 1. The standard InChI is InChI=1S/C17H24O2/c1-16(2)13-9-14(16)17(3,18)15(10-13)19-11-12-7-5-4-6-8-12/h4-8,13-15,18H,9-11H2,1-3H3/t13-,14-,15+,17-/m1/s1. The highest BCUT2D eigenvalue weighted by molar-refractivity contribution is 5.15. The molecule has 3 aliphatic rings. The maximum absolute atomic E-state index is 10.8. The van der Waals surface area contributed by atoms with Gasteiger partial charge in [-0.1, -0.05) is 44.2 Å². The van der Waals surface area contributed by atoms with Crippen molar-refractivity contribution in [2.75, 3.05) is 0 Å². The molecule has 1 N–H and O–H groups in total. The molecule has 0 radical (unpaired) electrons. The molecule has 2 heteroatoms. The van der Waals surface area contributed by atoms with Gasteiger partial charge in [0.05, 0.1) is 18.3 Å². The van der Waals surface area contributed by atoms with E-state index in [0.29, 0.717) is 18.4 Å². The Bertz CT molecular complexity index is 450. The van der Waals surface area contributed by atoms with Gasteiger partial charge in [0.2, 0.25) is 0 Å². The molecule has 2 bridgehead atoms. The first-order valence-electron chi connectivity index (χ1n) is 7.30. The van der Waals surface area contributed by atoms with Crippen LogP contribution in [-0.2, 0) is 11.3 Å². The van der Waals surface area contributed by atoms with E-state index in [-0.39, 0.29) is 11.5 Å². The lowest BCUT2D eigenvalue weighted by molar-refractivity contribution is -0.259. The zero-order valence-electron chi connectivity index (χ0n) is 12.1. The van der Waals surface area contributed by atoms with Crippen LogP contribution >= 0.6 is 0 Å². The molecule has 1 aromatic rings. The van der Waals surface area contributed by atoms with E-state index in [1.165, 1.54) is 5.56 Å². The maximum atomic E-state index is 10.8. The highest BCUT2D eigenvalue weighted by atomic mass is 16.5. The average molecular weight is 260 g/mol. The molecular weight excluding hydrogens is 236 g/mol. The number of benzene rings is 1. The fraction of sp³-hybridized carbons (Fsp3) is 0.647. The van der Waals surface area contributed by atoms with Crippen molar-refractivity contribution in [1.82, 2.24) is 0 Å². The third-order valence-corrected chi connectivity index (χ3v) is 5.62. The van der Waals surface area contributed by atoms with Crippen molar-refractivity contribution in [2.45, 2.75) is 51.9 Å². The molecule has 4 rings (SSSR count). The highest BCUT2D eigenvalue weighted by Crippen LogP contribution is 2.63. The fourth-order valence-electron chi connectivity index (χ4n) is 4.14. The second-order valence-corrected chi connectivity index (χ2v) is 7.05. The van der Waals surface area contributed by atoms with E-state index in [4.69, 9.17) is 4.74 Å². The van der Waals surface area contributed by atoms with Gasteiger partial charge in [-0.3, -0.25) is 0 Å². The quantitative estimate of drug-likeness (QED) is 0.902. The van der Waals surface area contributed by atoms with Crippen LogP contribution in [0.4, 0.5) is 0 Å². The van der Waals surface area contributed by atoms with Crippen molar-refractivity contribution in [3.63, 3.8) is 0 Å². The van der Waals surface area contributed by atoms with Gasteiger partial charge in [0.15, 0.2) is 0 Å². The topological polar surface area (TPSA) is 29.5 Å². The number of aliphatic hydroxyl groups is 1. The average Bonchev–Trinajstić information content (AvgIpc) is 2.37. The minimum Gasteiger partial charge on any atom is -0.387 e. The lowest BCUT2D eigenvalue weighted by Gasteiger charge is -2.64. The van der Waals surface area contributed by atoms with Crippen LogP contribution in [0.2, 0.25) is 0 Å². The summed E-state index contributed by atoms with van der Waals surface area (Å²) in [6, 6.07) is 10.2. The Morgan fingerprint density at radius 1 is 1.16 bits per heavy atom. The largest absolute Gasteiger partial charge is 0.387 e. The van der Waals surface area contributed by atoms with E-state index in [9.17, 15) is 5.11 Å². The third-order valence-electron chi connectivity index (χ3n) is 5.62. The van der Waals surface area contributed by atoms with Gasteiger partial charge in [0, 0.05) is 0 Å². The van der Waals surface area contributed by atoms with Crippen LogP contribution in [0.3, 0.4) is 0 Å². The summed E-state index contributed by atoms with van der Waals surface area (Å²) in [6.45, 7) is 7.13. The number of ether oxygens (including phenoxy) is 1. The first-order chi connectivity index (χ1) is 8.92. The summed E-state index contributed by atoms with van der Waals surface area (Å²) in [7, 11) is 0. The van der Waals surface area contributed by atoms with E-state index in [1.807, 2.05) is 25.1 Å². The molecule has 0 spiro atoms. The third kappa shape index (κ3) is 2.02. The molecule has 0 aromatic heterocycles. The Balaban J connectivity index is 1.67. The van der Waals surface area contributed by atoms with Gasteiger partial charge in [0.25, 0.3) is 0 Å². The lowest BCUT2D eigenvalue weighted by Crippen LogP contribution is -2.66. The van der Waals surface area contributed by atoms with Crippen molar-refractivity contribution < 1.29 is 9.84 Å². The normalized spacial score (nSPS) is 39.7. The summed E-state index contributed by atoms with van der Waals surface area (Å²) >= 11 is 0. The van der Waals surface area contributed by atoms with Gasteiger partial charge in [0.1, 0.15) is 0 Å². The van der Waals surface area contributed by atoms with E-state index in [2.05, 4.69) is 26.0 Å². The van der Waals surface area contributed by atoms with Crippen LogP contribution in [0.1, 0.15) is 39.2 Å². The predicted molar refractivity (Wildman–Crippen MR) is 75.6 cm³/mol. The molecular formula is C17H24O2. The number of rotatable bonds is 3. The van der Waals surface area contributed by atoms with Gasteiger partial charge < -0.3 is 9.84 Å². The molecule has 1 aromatic carbocycles. The SMILES string of the molecule is CC1(C)[C@H]2C[C@H](OCc3ccccc3)[C@](C)(O)[C@@H]1C2. The first kappa shape index (κ1) is 13.1. The van der Waals surface area contributed by atoms with Gasteiger partial charge in [-0.2, -0.15) is 0 Å². The molecule has 0 saturated heterocycles. The van der Waals surface area contributed by atoms with Crippen molar-refractivity contribution in [3.05, 3.63) is 35.9 Å². The number of hydrogen-bond acceptors (Lipinski definition) is 2. The molecule has 0 amide bonds. The zero-order valence-corrected chi connectivity index (χ0v) is 12.1. The second kappa shape index (κ2) is 4.32. The molecule has 3 aliphatic carbocycles. The maximum Gasteiger partial charge on any atom is 0.0913 e. The second-order valence-electron chi connectivity index (χ2n) is 7.05. The lowest BCUT2D eigenvalue weighted by atomic mass is 9.43. The summed E-state index contributed by atoms with van der Waals surface area (Å²) < 4.78 is 6.03. The van der Waals surface area contributed by atoms with Crippen molar-refractivity contribution in [3.8, 4) is 0 Å². The minimum absolute atomic E-state index is 0.0236. The van der Waals surface area contributed by atoms with Crippen molar-refractivity contribution in [2.24, 2.45) is 17.3 Å².